The Kier molecular flexibility index (Phi) is 5.87. The monoisotopic (exact) mass is 280 g/mol. The Morgan fingerprint density at radius 2 is 2.24 bits per heavy atom. The number of hydrogen-bond acceptors (Lipinski definition) is 4. The highest BCUT2D eigenvalue weighted by molar-refractivity contribution is 7.89. The van der Waals surface area contributed by atoms with E-state index in [9.17, 15) is 8.42 Å². The van der Waals surface area contributed by atoms with Crippen LogP contribution in [0.1, 0.15) is 25.6 Å². The van der Waals surface area contributed by atoms with E-state index >= 15 is 0 Å². The van der Waals surface area contributed by atoms with Crippen molar-refractivity contribution in [3.8, 4) is 0 Å². The van der Waals surface area contributed by atoms with Gasteiger partial charge in [-0.1, -0.05) is 0 Å². The lowest BCUT2D eigenvalue weighted by Gasteiger charge is -2.06. The minimum Gasteiger partial charge on any atom is -0.317 e. The van der Waals surface area contributed by atoms with Crippen LogP contribution in [0.4, 0.5) is 0 Å². The van der Waals surface area contributed by atoms with E-state index in [1.807, 2.05) is 6.92 Å². The van der Waals surface area contributed by atoms with Gasteiger partial charge in [-0.3, -0.25) is 0 Å². The largest absolute Gasteiger partial charge is 0.317 e. The lowest BCUT2D eigenvalue weighted by atomic mass is 10.4. The molecule has 17 heavy (non-hydrogen) atoms. The van der Waals surface area contributed by atoms with Crippen LogP contribution in [0.25, 0.3) is 0 Å². The maximum atomic E-state index is 11.6. The lowest BCUT2D eigenvalue weighted by molar-refractivity contribution is 0.572. The van der Waals surface area contributed by atoms with Crippen molar-refractivity contribution in [2.75, 3.05) is 11.6 Å². The summed E-state index contributed by atoms with van der Waals surface area (Å²) in [6.45, 7) is 2.84. The van der Waals surface area contributed by atoms with Gasteiger partial charge in [0.15, 0.2) is 0 Å². The SMILES string of the molecule is CCn1cnnc1CNS(=O)(=O)CCCCCl. The third-order valence-electron chi connectivity index (χ3n) is 2.28. The Bertz CT molecular complexity index is 432. The van der Waals surface area contributed by atoms with Crippen LogP contribution in [0.5, 0.6) is 0 Å². The fraction of sp³-hybridized carbons (Fsp3) is 0.778. The molecule has 0 amide bonds. The molecule has 0 aliphatic rings. The smallest absolute Gasteiger partial charge is 0.212 e. The molecular weight excluding hydrogens is 264 g/mol. The van der Waals surface area contributed by atoms with Gasteiger partial charge in [0.25, 0.3) is 0 Å². The van der Waals surface area contributed by atoms with Crippen molar-refractivity contribution in [2.45, 2.75) is 32.9 Å². The fourth-order valence-corrected chi connectivity index (χ4v) is 2.58. The predicted molar refractivity (Wildman–Crippen MR) is 66.3 cm³/mol. The summed E-state index contributed by atoms with van der Waals surface area (Å²) < 4.78 is 27.5. The number of aromatic nitrogens is 3. The lowest BCUT2D eigenvalue weighted by Crippen LogP contribution is -2.27. The van der Waals surface area contributed by atoms with Crippen molar-refractivity contribution in [2.24, 2.45) is 0 Å². The molecule has 0 spiro atoms. The number of nitrogens with one attached hydrogen (secondary N) is 1. The van der Waals surface area contributed by atoms with Gasteiger partial charge in [-0.05, 0) is 19.8 Å². The van der Waals surface area contributed by atoms with Crippen molar-refractivity contribution in [3.05, 3.63) is 12.2 Å². The molecule has 0 saturated carbocycles. The first-order valence-electron chi connectivity index (χ1n) is 5.49. The summed E-state index contributed by atoms with van der Waals surface area (Å²) in [6.07, 6.45) is 2.85. The fourth-order valence-electron chi connectivity index (χ4n) is 1.31. The molecule has 1 aromatic heterocycles. The third-order valence-corrected chi connectivity index (χ3v) is 3.96. The summed E-state index contributed by atoms with van der Waals surface area (Å²) in [5.41, 5.74) is 0. The molecule has 1 N–H and O–H groups in total. The summed E-state index contributed by atoms with van der Waals surface area (Å²) in [4.78, 5) is 0. The highest BCUT2D eigenvalue weighted by Crippen LogP contribution is 1.99. The number of halogens is 1. The summed E-state index contributed by atoms with van der Waals surface area (Å²) in [5, 5.41) is 7.58. The van der Waals surface area contributed by atoms with Crippen LogP contribution >= 0.6 is 11.6 Å². The summed E-state index contributed by atoms with van der Waals surface area (Å²) in [5.74, 6) is 1.20. The molecule has 0 aliphatic carbocycles. The van der Waals surface area contributed by atoms with Crippen molar-refractivity contribution in [3.63, 3.8) is 0 Å². The van der Waals surface area contributed by atoms with Crippen LogP contribution in [0.3, 0.4) is 0 Å². The van der Waals surface area contributed by atoms with Gasteiger partial charge in [-0.15, -0.1) is 21.8 Å². The van der Waals surface area contributed by atoms with E-state index in [-0.39, 0.29) is 12.3 Å². The topological polar surface area (TPSA) is 76.9 Å². The second kappa shape index (κ2) is 6.93. The molecule has 1 aromatic rings. The number of aryl methyl sites for hydroxylation is 1. The molecule has 0 atom stereocenters. The molecule has 0 unspecified atom stereocenters. The molecule has 0 aliphatic heterocycles. The van der Waals surface area contributed by atoms with E-state index in [1.54, 1.807) is 10.9 Å². The van der Waals surface area contributed by atoms with Crippen molar-refractivity contribution < 1.29 is 8.42 Å². The first-order chi connectivity index (χ1) is 8.09. The Labute approximate surface area is 106 Å². The molecule has 0 fully saturated rings. The first-order valence-corrected chi connectivity index (χ1v) is 7.67. The second-order valence-corrected chi connectivity index (χ2v) is 5.87. The quantitative estimate of drug-likeness (QED) is 0.563. The van der Waals surface area contributed by atoms with Crippen molar-refractivity contribution in [1.82, 2.24) is 19.5 Å². The Morgan fingerprint density at radius 1 is 1.47 bits per heavy atom. The average molecular weight is 281 g/mol. The molecule has 1 rings (SSSR count). The number of rotatable bonds is 8. The number of unbranched alkanes of at least 4 members (excludes halogenated alkanes) is 1. The van der Waals surface area contributed by atoms with Crippen LogP contribution in [-0.4, -0.2) is 34.8 Å². The van der Waals surface area contributed by atoms with E-state index < -0.39 is 10.0 Å². The van der Waals surface area contributed by atoms with Gasteiger partial charge < -0.3 is 4.57 Å². The Balaban J connectivity index is 2.44. The van der Waals surface area contributed by atoms with Crippen LogP contribution in [0.2, 0.25) is 0 Å². The third kappa shape index (κ3) is 5.01. The Morgan fingerprint density at radius 3 is 2.88 bits per heavy atom. The molecule has 0 bridgehead atoms. The zero-order valence-electron chi connectivity index (χ0n) is 9.76. The molecule has 1 heterocycles. The summed E-state index contributed by atoms with van der Waals surface area (Å²) in [6, 6.07) is 0. The Hall–Kier alpha value is -0.660. The average Bonchev–Trinajstić information content (AvgIpc) is 2.74. The molecule has 6 nitrogen and oxygen atoms in total. The zero-order valence-corrected chi connectivity index (χ0v) is 11.3. The number of sulfonamides is 1. The minimum atomic E-state index is -3.24. The maximum Gasteiger partial charge on any atom is 0.212 e. The van der Waals surface area contributed by atoms with Crippen LogP contribution in [-0.2, 0) is 23.1 Å². The molecule has 98 valence electrons. The van der Waals surface area contributed by atoms with Gasteiger partial charge in [-0.2, -0.15) is 0 Å². The summed E-state index contributed by atoms with van der Waals surface area (Å²) in [7, 11) is -3.24. The van der Waals surface area contributed by atoms with Crippen LogP contribution < -0.4 is 4.72 Å². The molecule has 0 saturated heterocycles. The van der Waals surface area contributed by atoms with Crippen LogP contribution in [0.15, 0.2) is 6.33 Å². The zero-order chi connectivity index (χ0) is 12.7. The number of nitrogens with zero attached hydrogens (tertiary/aromatic N) is 3. The predicted octanol–water partition coefficient (Wildman–Crippen LogP) is 0.736. The van der Waals surface area contributed by atoms with E-state index in [0.29, 0.717) is 24.5 Å². The van der Waals surface area contributed by atoms with Gasteiger partial charge >= 0.3 is 0 Å². The normalized spacial score (nSPS) is 11.9. The van der Waals surface area contributed by atoms with Gasteiger partial charge in [0, 0.05) is 12.4 Å². The maximum absolute atomic E-state index is 11.6. The van der Waals surface area contributed by atoms with E-state index in [2.05, 4.69) is 14.9 Å². The van der Waals surface area contributed by atoms with Gasteiger partial charge in [-0.25, -0.2) is 13.1 Å². The highest BCUT2D eigenvalue weighted by Gasteiger charge is 2.11. The van der Waals surface area contributed by atoms with E-state index in [4.69, 9.17) is 11.6 Å². The molecule has 0 aromatic carbocycles. The molecule has 0 radical (unpaired) electrons. The second-order valence-electron chi connectivity index (χ2n) is 3.57. The van der Waals surface area contributed by atoms with Gasteiger partial charge in [0.1, 0.15) is 12.2 Å². The standard InChI is InChI=1S/C9H17ClN4O2S/c1-2-14-8-11-13-9(14)7-12-17(15,16)6-4-3-5-10/h8,12H,2-7H2,1H3. The molecule has 8 heteroatoms. The van der Waals surface area contributed by atoms with Gasteiger partial charge in [0.2, 0.25) is 10.0 Å². The summed E-state index contributed by atoms with van der Waals surface area (Å²) >= 11 is 5.49. The van der Waals surface area contributed by atoms with E-state index in [0.717, 1.165) is 6.54 Å². The van der Waals surface area contributed by atoms with Crippen molar-refractivity contribution >= 4 is 21.6 Å². The van der Waals surface area contributed by atoms with E-state index in [1.165, 1.54) is 0 Å². The highest BCUT2D eigenvalue weighted by atomic mass is 35.5. The van der Waals surface area contributed by atoms with Crippen LogP contribution in [0, 0.1) is 0 Å². The number of hydrogen-bond donors (Lipinski definition) is 1. The minimum absolute atomic E-state index is 0.0972. The van der Waals surface area contributed by atoms with Gasteiger partial charge in [0.05, 0.1) is 12.3 Å². The number of alkyl halides is 1. The van der Waals surface area contributed by atoms with Crippen molar-refractivity contribution in [1.29, 1.82) is 0 Å². The molecular formula is C9H17ClN4O2S. The first kappa shape index (κ1) is 14.4.